The van der Waals surface area contributed by atoms with E-state index in [1.165, 1.54) is 23.5 Å². The highest BCUT2D eigenvalue weighted by atomic mass is 32.1. The van der Waals surface area contributed by atoms with Crippen molar-refractivity contribution in [1.82, 2.24) is 10.3 Å². The van der Waals surface area contributed by atoms with E-state index in [0.29, 0.717) is 21.8 Å². The van der Waals surface area contributed by atoms with Gasteiger partial charge in [0.1, 0.15) is 0 Å². The van der Waals surface area contributed by atoms with Crippen LogP contribution in [-0.4, -0.2) is 20.9 Å². The number of nitrogens with one attached hydrogen (secondary N) is 2. The summed E-state index contributed by atoms with van der Waals surface area (Å²) in [7, 11) is 0. The lowest BCUT2D eigenvalue weighted by Gasteiger charge is -2.05. The Morgan fingerprint density at radius 2 is 2.29 bits per heavy atom. The quantitative estimate of drug-likeness (QED) is 0.510. The average Bonchev–Trinajstić information content (AvgIpc) is 2.79. The standard InChI is InChI=1S/C12H12N4O3S2/c1-2-3-10(17)14-11(20)15-12-13-8-5-4-7(16(18)19)6-9(8)21-12/h4-6H,2-3H2,1H3,(H2,13,14,15,17,20). The number of anilines is 1. The number of non-ortho nitro benzene ring substituents is 1. The highest BCUT2D eigenvalue weighted by Crippen LogP contribution is 2.28. The van der Waals surface area contributed by atoms with Gasteiger partial charge in [-0.3, -0.25) is 14.9 Å². The van der Waals surface area contributed by atoms with Crippen LogP contribution in [0.2, 0.25) is 0 Å². The Morgan fingerprint density at radius 3 is 2.95 bits per heavy atom. The second kappa shape index (κ2) is 6.55. The number of hydrogen-bond acceptors (Lipinski definition) is 6. The maximum atomic E-state index is 11.4. The molecule has 110 valence electrons. The van der Waals surface area contributed by atoms with Gasteiger partial charge in [0.2, 0.25) is 5.91 Å². The number of nitro benzene ring substituents is 1. The number of aromatic nitrogens is 1. The average molecular weight is 324 g/mol. The van der Waals surface area contributed by atoms with Gasteiger partial charge in [-0.15, -0.1) is 0 Å². The number of hydrogen-bond donors (Lipinski definition) is 2. The fourth-order valence-electron chi connectivity index (χ4n) is 1.62. The number of carbonyl (C=O) groups is 1. The topological polar surface area (TPSA) is 97.2 Å². The summed E-state index contributed by atoms with van der Waals surface area (Å²) < 4.78 is 0.675. The molecule has 0 spiro atoms. The smallest absolute Gasteiger partial charge is 0.270 e. The maximum Gasteiger partial charge on any atom is 0.270 e. The Labute approximate surface area is 129 Å². The van der Waals surface area contributed by atoms with Gasteiger partial charge in [0.05, 0.1) is 15.1 Å². The van der Waals surface area contributed by atoms with Crippen molar-refractivity contribution in [2.75, 3.05) is 5.32 Å². The number of nitro groups is 1. The summed E-state index contributed by atoms with van der Waals surface area (Å²) in [6.07, 6.45) is 1.13. The number of thiocarbonyl (C=S) groups is 1. The lowest BCUT2D eigenvalue weighted by atomic mass is 10.3. The largest absolute Gasteiger partial charge is 0.308 e. The lowest BCUT2D eigenvalue weighted by molar-refractivity contribution is -0.384. The zero-order valence-electron chi connectivity index (χ0n) is 11.1. The molecule has 9 heteroatoms. The fraction of sp³-hybridized carbons (Fsp3) is 0.250. The van der Waals surface area contributed by atoms with E-state index in [9.17, 15) is 14.9 Å². The van der Waals surface area contributed by atoms with E-state index < -0.39 is 4.92 Å². The molecule has 0 aliphatic carbocycles. The SMILES string of the molecule is CCCC(=O)NC(=S)Nc1nc2ccc([N+](=O)[O-])cc2s1. The molecule has 21 heavy (non-hydrogen) atoms. The molecule has 0 saturated carbocycles. The van der Waals surface area contributed by atoms with Crippen molar-refractivity contribution >= 4 is 55.6 Å². The second-order valence-corrected chi connectivity index (χ2v) is 5.62. The van der Waals surface area contributed by atoms with Crippen molar-refractivity contribution in [3.8, 4) is 0 Å². The first kappa shape index (κ1) is 15.3. The minimum atomic E-state index is -0.456. The van der Waals surface area contributed by atoms with Gasteiger partial charge in [-0.1, -0.05) is 18.3 Å². The summed E-state index contributed by atoms with van der Waals surface area (Å²) in [6.45, 7) is 1.90. The molecule has 2 aromatic rings. The molecule has 0 aliphatic heterocycles. The second-order valence-electron chi connectivity index (χ2n) is 4.18. The van der Waals surface area contributed by atoms with Crippen LogP contribution >= 0.6 is 23.6 Å². The van der Waals surface area contributed by atoms with Gasteiger partial charge in [0, 0.05) is 18.6 Å². The Bertz CT molecular complexity index is 714. The Balaban J connectivity index is 2.10. The third-order valence-electron chi connectivity index (χ3n) is 2.53. The number of carbonyl (C=O) groups excluding carboxylic acids is 1. The predicted octanol–water partition coefficient (Wildman–Crippen LogP) is 2.82. The Morgan fingerprint density at radius 1 is 1.52 bits per heavy atom. The van der Waals surface area contributed by atoms with Gasteiger partial charge in [0.25, 0.3) is 5.69 Å². The van der Waals surface area contributed by atoms with E-state index in [1.54, 1.807) is 6.07 Å². The molecule has 1 amide bonds. The zero-order chi connectivity index (χ0) is 15.4. The van der Waals surface area contributed by atoms with Crippen LogP contribution in [0.15, 0.2) is 18.2 Å². The normalized spacial score (nSPS) is 10.3. The Hall–Kier alpha value is -2.13. The molecular weight excluding hydrogens is 312 g/mol. The lowest BCUT2D eigenvalue weighted by Crippen LogP contribution is -2.33. The molecular formula is C12H12N4O3S2. The highest BCUT2D eigenvalue weighted by molar-refractivity contribution is 7.80. The molecule has 1 aromatic heterocycles. The van der Waals surface area contributed by atoms with Gasteiger partial charge in [-0.25, -0.2) is 4.98 Å². The molecule has 7 nitrogen and oxygen atoms in total. The van der Waals surface area contributed by atoms with Crippen molar-refractivity contribution in [1.29, 1.82) is 0 Å². The van der Waals surface area contributed by atoms with E-state index in [0.717, 1.165) is 6.42 Å². The van der Waals surface area contributed by atoms with Crippen LogP contribution in [0.1, 0.15) is 19.8 Å². The molecule has 1 aromatic carbocycles. The summed E-state index contributed by atoms with van der Waals surface area (Å²) in [5.74, 6) is -0.160. The van der Waals surface area contributed by atoms with E-state index in [4.69, 9.17) is 12.2 Å². The third-order valence-corrected chi connectivity index (χ3v) is 3.67. The van der Waals surface area contributed by atoms with Crippen molar-refractivity contribution < 1.29 is 9.72 Å². The molecule has 1 heterocycles. The Kier molecular flexibility index (Phi) is 4.76. The number of thiazole rings is 1. The molecule has 2 N–H and O–H groups in total. The molecule has 0 radical (unpaired) electrons. The van der Waals surface area contributed by atoms with Gasteiger partial charge >= 0.3 is 0 Å². The summed E-state index contributed by atoms with van der Waals surface area (Å²) in [5, 5.41) is 16.7. The highest BCUT2D eigenvalue weighted by Gasteiger charge is 2.11. The van der Waals surface area contributed by atoms with E-state index in [-0.39, 0.29) is 16.7 Å². The summed E-state index contributed by atoms with van der Waals surface area (Å²) in [5.41, 5.74) is 0.646. The fourth-order valence-corrected chi connectivity index (χ4v) is 2.80. The summed E-state index contributed by atoms with van der Waals surface area (Å²) >= 11 is 6.25. The van der Waals surface area contributed by atoms with Crippen LogP contribution in [0.5, 0.6) is 0 Å². The first-order chi connectivity index (χ1) is 9.99. The van der Waals surface area contributed by atoms with Gasteiger partial charge in [0.15, 0.2) is 10.2 Å². The van der Waals surface area contributed by atoms with Gasteiger partial charge in [-0.05, 0) is 24.7 Å². The first-order valence-electron chi connectivity index (χ1n) is 6.15. The molecule has 2 rings (SSSR count). The van der Waals surface area contributed by atoms with Crippen LogP contribution in [0.25, 0.3) is 10.2 Å². The van der Waals surface area contributed by atoms with E-state index in [1.807, 2.05) is 6.92 Å². The van der Waals surface area contributed by atoms with Crippen LogP contribution < -0.4 is 10.6 Å². The van der Waals surface area contributed by atoms with E-state index in [2.05, 4.69) is 15.6 Å². The molecule has 0 saturated heterocycles. The van der Waals surface area contributed by atoms with Crippen LogP contribution in [0.4, 0.5) is 10.8 Å². The molecule has 0 unspecified atom stereocenters. The molecule has 0 fully saturated rings. The summed E-state index contributed by atoms with van der Waals surface area (Å²) in [4.78, 5) is 25.9. The third kappa shape index (κ3) is 3.92. The summed E-state index contributed by atoms with van der Waals surface area (Å²) in [6, 6.07) is 4.43. The van der Waals surface area contributed by atoms with Crippen LogP contribution in [0.3, 0.4) is 0 Å². The monoisotopic (exact) mass is 324 g/mol. The predicted molar refractivity (Wildman–Crippen MR) is 85.5 cm³/mol. The van der Waals surface area contributed by atoms with E-state index >= 15 is 0 Å². The molecule has 0 atom stereocenters. The minimum Gasteiger partial charge on any atom is -0.308 e. The van der Waals surface area contributed by atoms with Crippen molar-refractivity contribution in [3.63, 3.8) is 0 Å². The molecule has 0 bridgehead atoms. The number of rotatable bonds is 4. The van der Waals surface area contributed by atoms with Crippen molar-refractivity contribution in [3.05, 3.63) is 28.3 Å². The van der Waals surface area contributed by atoms with Gasteiger partial charge < -0.3 is 10.6 Å². The maximum absolute atomic E-state index is 11.4. The van der Waals surface area contributed by atoms with Crippen molar-refractivity contribution in [2.45, 2.75) is 19.8 Å². The van der Waals surface area contributed by atoms with Crippen LogP contribution in [0, 0.1) is 10.1 Å². The number of amides is 1. The number of fused-ring (bicyclic) bond motifs is 1. The zero-order valence-corrected chi connectivity index (χ0v) is 12.7. The number of benzene rings is 1. The number of nitrogens with zero attached hydrogens (tertiary/aromatic N) is 2. The van der Waals surface area contributed by atoms with Crippen LogP contribution in [-0.2, 0) is 4.79 Å². The molecule has 0 aliphatic rings. The van der Waals surface area contributed by atoms with Crippen molar-refractivity contribution in [2.24, 2.45) is 0 Å². The van der Waals surface area contributed by atoms with Gasteiger partial charge in [-0.2, -0.15) is 0 Å². The first-order valence-corrected chi connectivity index (χ1v) is 7.38. The minimum absolute atomic E-state index is 0.0107.